The first kappa shape index (κ1) is 16.8. The average molecular weight is 305 g/mol. The van der Waals surface area contributed by atoms with Gasteiger partial charge in [-0.15, -0.1) is 0 Å². The number of carbonyl (C=O) groups excluding carboxylic acids is 1. The molecule has 0 aliphatic carbocycles. The smallest absolute Gasteiger partial charge is 0.310 e. The van der Waals surface area contributed by atoms with Gasteiger partial charge >= 0.3 is 5.97 Å². The predicted octanol–water partition coefficient (Wildman–Crippen LogP) is 2.90. The van der Waals surface area contributed by atoms with Crippen molar-refractivity contribution in [3.63, 3.8) is 0 Å². The fourth-order valence-corrected chi connectivity index (χ4v) is 3.09. The fourth-order valence-electron chi connectivity index (χ4n) is 3.09. The molecule has 1 aliphatic rings. The number of carbonyl (C=O) groups is 1. The lowest BCUT2D eigenvalue weighted by Gasteiger charge is -2.36. The standard InChI is InChI=1S/C18H27NO3/c1-4-22-18(20)16-6-5-11-19(13-16)14(2)12-15-7-9-17(21-3)10-8-15/h7-10,14,16H,4-6,11-13H2,1-3H3. The molecule has 1 saturated heterocycles. The first-order valence-corrected chi connectivity index (χ1v) is 8.17. The summed E-state index contributed by atoms with van der Waals surface area (Å²) in [7, 11) is 1.68. The van der Waals surface area contributed by atoms with Crippen LogP contribution in [0.1, 0.15) is 32.3 Å². The van der Waals surface area contributed by atoms with Gasteiger partial charge in [0.2, 0.25) is 0 Å². The number of benzene rings is 1. The molecule has 122 valence electrons. The first-order valence-electron chi connectivity index (χ1n) is 8.17. The fraction of sp³-hybridized carbons (Fsp3) is 0.611. The molecular weight excluding hydrogens is 278 g/mol. The Kier molecular flexibility index (Phi) is 6.25. The number of ether oxygens (including phenoxy) is 2. The molecule has 1 aromatic carbocycles. The number of methoxy groups -OCH3 is 1. The van der Waals surface area contributed by atoms with Gasteiger partial charge < -0.3 is 9.47 Å². The Labute approximate surface area is 133 Å². The number of nitrogens with zero attached hydrogens (tertiary/aromatic N) is 1. The molecule has 0 N–H and O–H groups in total. The molecule has 2 unspecified atom stereocenters. The highest BCUT2D eigenvalue weighted by Crippen LogP contribution is 2.22. The van der Waals surface area contributed by atoms with Crippen molar-refractivity contribution >= 4 is 5.97 Å². The van der Waals surface area contributed by atoms with Crippen LogP contribution in [0.5, 0.6) is 5.75 Å². The molecular formula is C18H27NO3. The Balaban J connectivity index is 1.90. The summed E-state index contributed by atoms with van der Waals surface area (Å²) < 4.78 is 10.4. The molecule has 22 heavy (non-hydrogen) atoms. The highest BCUT2D eigenvalue weighted by Gasteiger charge is 2.29. The van der Waals surface area contributed by atoms with Crippen molar-refractivity contribution in [2.24, 2.45) is 5.92 Å². The van der Waals surface area contributed by atoms with Crippen molar-refractivity contribution in [3.8, 4) is 5.75 Å². The number of rotatable bonds is 6. The van der Waals surface area contributed by atoms with E-state index >= 15 is 0 Å². The van der Waals surface area contributed by atoms with Gasteiger partial charge in [0, 0.05) is 12.6 Å². The lowest BCUT2D eigenvalue weighted by molar-refractivity contribution is -0.150. The zero-order valence-electron chi connectivity index (χ0n) is 13.9. The maximum atomic E-state index is 11.9. The van der Waals surface area contributed by atoms with Crippen LogP contribution in [0.25, 0.3) is 0 Å². The van der Waals surface area contributed by atoms with Crippen LogP contribution in [-0.4, -0.2) is 43.7 Å². The van der Waals surface area contributed by atoms with E-state index in [1.165, 1.54) is 5.56 Å². The van der Waals surface area contributed by atoms with E-state index in [0.29, 0.717) is 12.6 Å². The van der Waals surface area contributed by atoms with Crippen LogP contribution in [0.4, 0.5) is 0 Å². The van der Waals surface area contributed by atoms with Crippen LogP contribution in [0, 0.1) is 5.92 Å². The molecule has 0 saturated carbocycles. The van der Waals surface area contributed by atoms with Crippen molar-refractivity contribution in [2.75, 3.05) is 26.8 Å². The molecule has 4 heteroatoms. The van der Waals surface area contributed by atoms with E-state index in [9.17, 15) is 4.79 Å². The second-order valence-corrected chi connectivity index (χ2v) is 5.99. The van der Waals surface area contributed by atoms with Gasteiger partial charge in [-0.25, -0.2) is 0 Å². The SMILES string of the molecule is CCOC(=O)C1CCCN(C(C)Cc2ccc(OC)cc2)C1. The van der Waals surface area contributed by atoms with Crippen LogP contribution in [-0.2, 0) is 16.0 Å². The van der Waals surface area contributed by atoms with Crippen LogP contribution in [0.3, 0.4) is 0 Å². The summed E-state index contributed by atoms with van der Waals surface area (Å²) in [6, 6.07) is 8.65. The van der Waals surface area contributed by atoms with Gasteiger partial charge in [0.05, 0.1) is 19.6 Å². The summed E-state index contributed by atoms with van der Waals surface area (Å²) in [6.07, 6.45) is 3.00. The van der Waals surface area contributed by atoms with Gasteiger partial charge in [-0.05, 0) is 57.4 Å². The van der Waals surface area contributed by atoms with Crippen LogP contribution in [0.15, 0.2) is 24.3 Å². The summed E-state index contributed by atoms with van der Waals surface area (Å²) in [5, 5.41) is 0. The quantitative estimate of drug-likeness (QED) is 0.758. The maximum Gasteiger partial charge on any atom is 0.310 e. The second-order valence-electron chi connectivity index (χ2n) is 5.99. The van der Waals surface area contributed by atoms with Crippen LogP contribution < -0.4 is 4.74 Å². The molecule has 2 atom stereocenters. The second kappa shape index (κ2) is 8.18. The molecule has 4 nitrogen and oxygen atoms in total. The Hall–Kier alpha value is -1.55. The van der Waals surface area contributed by atoms with Crippen LogP contribution >= 0.6 is 0 Å². The van der Waals surface area contributed by atoms with Gasteiger partial charge in [-0.3, -0.25) is 9.69 Å². The van der Waals surface area contributed by atoms with E-state index in [4.69, 9.17) is 9.47 Å². The topological polar surface area (TPSA) is 38.8 Å². The number of esters is 1. The lowest BCUT2D eigenvalue weighted by atomic mass is 9.95. The molecule has 1 heterocycles. The van der Waals surface area contributed by atoms with Crippen molar-refractivity contribution in [2.45, 2.75) is 39.2 Å². The van der Waals surface area contributed by atoms with E-state index in [1.54, 1.807) is 7.11 Å². The normalized spacial score (nSPS) is 20.4. The minimum Gasteiger partial charge on any atom is -0.497 e. The molecule has 0 radical (unpaired) electrons. The molecule has 0 bridgehead atoms. The van der Waals surface area contributed by atoms with Gasteiger partial charge in [0.25, 0.3) is 0 Å². The molecule has 0 amide bonds. The summed E-state index contributed by atoms with van der Waals surface area (Å²) in [6.45, 7) is 6.45. The van der Waals surface area contributed by atoms with E-state index in [0.717, 1.165) is 38.1 Å². The summed E-state index contributed by atoms with van der Waals surface area (Å²) in [4.78, 5) is 14.3. The Bertz CT molecular complexity index is 472. The number of hydrogen-bond donors (Lipinski definition) is 0. The van der Waals surface area contributed by atoms with Gasteiger partial charge in [-0.2, -0.15) is 0 Å². The minimum absolute atomic E-state index is 0.0343. The molecule has 1 aromatic rings. The third-order valence-corrected chi connectivity index (χ3v) is 4.39. The molecule has 1 aliphatic heterocycles. The van der Waals surface area contributed by atoms with Gasteiger partial charge in [0.15, 0.2) is 0 Å². The monoisotopic (exact) mass is 305 g/mol. The molecule has 0 aromatic heterocycles. The van der Waals surface area contributed by atoms with E-state index in [-0.39, 0.29) is 11.9 Å². The third-order valence-electron chi connectivity index (χ3n) is 4.39. The number of hydrogen-bond acceptors (Lipinski definition) is 4. The summed E-state index contributed by atoms with van der Waals surface area (Å²) in [5.41, 5.74) is 1.30. The summed E-state index contributed by atoms with van der Waals surface area (Å²) >= 11 is 0. The Morgan fingerprint density at radius 3 is 2.73 bits per heavy atom. The zero-order chi connectivity index (χ0) is 15.9. The van der Waals surface area contributed by atoms with Crippen molar-refractivity contribution in [1.82, 2.24) is 4.90 Å². The molecule has 2 rings (SSSR count). The van der Waals surface area contributed by atoms with Crippen molar-refractivity contribution < 1.29 is 14.3 Å². The number of piperidine rings is 1. The number of likely N-dealkylation sites (tertiary alicyclic amines) is 1. The van der Waals surface area contributed by atoms with E-state index in [1.807, 2.05) is 19.1 Å². The largest absolute Gasteiger partial charge is 0.497 e. The van der Waals surface area contributed by atoms with Crippen molar-refractivity contribution in [3.05, 3.63) is 29.8 Å². The zero-order valence-corrected chi connectivity index (χ0v) is 13.9. The van der Waals surface area contributed by atoms with Gasteiger partial charge in [0.1, 0.15) is 5.75 Å². The highest BCUT2D eigenvalue weighted by atomic mass is 16.5. The third kappa shape index (κ3) is 4.47. The molecule has 1 fully saturated rings. The van der Waals surface area contributed by atoms with E-state index < -0.39 is 0 Å². The molecule has 0 spiro atoms. The highest BCUT2D eigenvalue weighted by molar-refractivity contribution is 5.72. The van der Waals surface area contributed by atoms with Crippen molar-refractivity contribution in [1.29, 1.82) is 0 Å². The first-order chi connectivity index (χ1) is 10.6. The maximum absolute atomic E-state index is 11.9. The lowest BCUT2D eigenvalue weighted by Crippen LogP contribution is -2.44. The summed E-state index contributed by atoms with van der Waals surface area (Å²) in [5.74, 6) is 0.882. The van der Waals surface area contributed by atoms with Gasteiger partial charge in [-0.1, -0.05) is 12.1 Å². The van der Waals surface area contributed by atoms with E-state index in [2.05, 4.69) is 24.0 Å². The average Bonchev–Trinajstić information content (AvgIpc) is 2.56. The predicted molar refractivity (Wildman–Crippen MR) is 87.1 cm³/mol. The minimum atomic E-state index is -0.0381. The Morgan fingerprint density at radius 2 is 2.09 bits per heavy atom. The Morgan fingerprint density at radius 1 is 1.36 bits per heavy atom. The van der Waals surface area contributed by atoms with Crippen LogP contribution in [0.2, 0.25) is 0 Å².